The van der Waals surface area contributed by atoms with Crippen molar-refractivity contribution in [3.63, 3.8) is 0 Å². The first-order valence-corrected chi connectivity index (χ1v) is 15.5. The third-order valence-corrected chi connectivity index (χ3v) is 9.85. The smallest absolute Gasteiger partial charge is 0.136 e. The van der Waals surface area contributed by atoms with Crippen molar-refractivity contribution in [1.82, 2.24) is 8.97 Å². The van der Waals surface area contributed by atoms with Crippen LogP contribution in [0.15, 0.2) is 150 Å². The molecular weight excluding hydrogens is 548 g/mol. The molecule has 0 aliphatic rings. The molecule has 0 saturated heterocycles. The summed E-state index contributed by atoms with van der Waals surface area (Å²) in [5.74, 6) is 0. The zero-order valence-corrected chi connectivity index (χ0v) is 24.2. The maximum absolute atomic E-state index is 6.38. The molecular formula is C42H24N2O. The van der Waals surface area contributed by atoms with Crippen LogP contribution in [0.4, 0.5) is 0 Å². The first-order valence-electron chi connectivity index (χ1n) is 15.5. The third kappa shape index (κ3) is 2.86. The highest BCUT2D eigenvalue weighted by molar-refractivity contribution is 6.36. The van der Waals surface area contributed by atoms with Gasteiger partial charge in [0, 0.05) is 48.8 Å². The standard InChI is InChI=1S/C42H24N2O/c1-2-11-25(12-3-1)43-33-18-8-5-14-30(33)39-34(43)23-24-35-41(39)40-28(21-22-29-26-13-4-7-17-32(26)44(35)42(29)40)27-16-10-20-37-38(27)31-15-6-9-19-36(31)45-37/h1-24H. The van der Waals surface area contributed by atoms with Crippen molar-refractivity contribution in [3.8, 4) is 16.8 Å². The van der Waals surface area contributed by atoms with Gasteiger partial charge in [-0.2, -0.15) is 0 Å². The van der Waals surface area contributed by atoms with Gasteiger partial charge in [0.05, 0.1) is 27.6 Å². The molecule has 0 radical (unpaired) electrons. The number of nitrogens with zero attached hydrogens (tertiary/aromatic N) is 2. The fourth-order valence-electron chi connectivity index (χ4n) is 8.13. The molecule has 0 amide bonds. The summed E-state index contributed by atoms with van der Waals surface area (Å²) >= 11 is 0. The van der Waals surface area contributed by atoms with E-state index in [0.717, 1.165) is 16.6 Å². The average Bonchev–Trinajstić information content (AvgIpc) is 3.83. The highest BCUT2D eigenvalue weighted by Gasteiger charge is 2.25. The minimum Gasteiger partial charge on any atom is -0.456 e. The van der Waals surface area contributed by atoms with Crippen LogP contribution in [-0.4, -0.2) is 8.97 Å². The summed E-state index contributed by atoms with van der Waals surface area (Å²) in [5.41, 5.74) is 11.6. The van der Waals surface area contributed by atoms with Crippen LogP contribution in [0.1, 0.15) is 0 Å². The van der Waals surface area contributed by atoms with Gasteiger partial charge in [-0.15, -0.1) is 0 Å². The molecule has 11 rings (SSSR count). The second-order valence-electron chi connectivity index (χ2n) is 12.1. The minimum atomic E-state index is 0.915. The lowest BCUT2D eigenvalue weighted by Crippen LogP contribution is -1.92. The Morgan fingerprint density at radius 1 is 0.356 bits per heavy atom. The van der Waals surface area contributed by atoms with Gasteiger partial charge in [0.15, 0.2) is 0 Å². The summed E-state index contributed by atoms with van der Waals surface area (Å²) in [6.45, 7) is 0. The number of hydrogen-bond donors (Lipinski definition) is 0. The predicted molar refractivity (Wildman–Crippen MR) is 188 cm³/mol. The van der Waals surface area contributed by atoms with Gasteiger partial charge in [0.2, 0.25) is 0 Å². The molecule has 11 aromatic rings. The summed E-state index contributed by atoms with van der Waals surface area (Å²) in [5, 5.41) is 10.0. The molecule has 7 aromatic carbocycles. The molecule has 0 spiro atoms. The predicted octanol–water partition coefficient (Wildman–Crippen LogP) is 11.5. The van der Waals surface area contributed by atoms with E-state index in [4.69, 9.17) is 4.42 Å². The Morgan fingerprint density at radius 2 is 1.04 bits per heavy atom. The van der Waals surface area contributed by atoms with E-state index in [2.05, 4.69) is 148 Å². The lowest BCUT2D eigenvalue weighted by Gasteiger charge is -2.09. The average molecular weight is 573 g/mol. The molecule has 4 aromatic heterocycles. The van der Waals surface area contributed by atoms with Crippen molar-refractivity contribution in [3.05, 3.63) is 146 Å². The first kappa shape index (κ1) is 23.4. The largest absolute Gasteiger partial charge is 0.456 e. The highest BCUT2D eigenvalue weighted by atomic mass is 16.3. The second-order valence-corrected chi connectivity index (χ2v) is 12.1. The molecule has 0 atom stereocenters. The van der Waals surface area contributed by atoms with E-state index in [1.165, 1.54) is 82.1 Å². The molecule has 45 heavy (non-hydrogen) atoms. The SMILES string of the molecule is c1ccc(-n2c3ccccc3c3c4c5c(-c6cccc7oc8ccccc8c67)ccc6c7ccccc7n(c4ccc32)c65)cc1. The van der Waals surface area contributed by atoms with Crippen molar-refractivity contribution in [2.45, 2.75) is 0 Å². The van der Waals surface area contributed by atoms with Crippen LogP contribution >= 0.6 is 0 Å². The number of benzene rings is 7. The van der Waals surface area contributed by atoms with E-state index >= 15 is 0 Å². The van der Waals surface area contributed by atoms with Gasteiger partial charge in [-0.05, 0) is 59.7 Å². The van der Waals surface area contributed by atoms with Crippen LogP contribution in [0, 0.1) is 0 Å². The van der Waals surface area contributed by atoms with Crippen molar-refractivity contribution < 1.29 is 4.42 Å². The number of furan rings is 1. The van der Waals surface area contributed by atoms with E-state index in [0.29, 0.717) is 0 Å². The van der Waals surface area contributed by atoms with Gasteiger partial charge in [-0.3, -0.25) is 0 Å². The number of hydrogen-bond acceptors (Lipinski definition) is 1. The van der Waals surface area contributed by atoms with E-state index < -0.39 is 0 Å². The van der Waals surface area contributed by atoms with Crippen LogP contribution in [0.2, 0.25) is 0 Å². The van der Waals surface area contributed by atoms with Gasteiger partial charge in [-0.1, -0.05) is 97.1 Å². The second kappa shape index (κ2) is 8.31. The molecule has 4 heterocycles. The zero-order chi connectivity index (χ0) is 29.2. The van der Waals surface area contributed by atoms with Crippen molar-refractivity contribution >= 4 is 81.8 Å². The summed E-state index contributed by atoms with van der Waals surface area (Å²) in [6, 6.07) is 52.6. The Morgan fingerprint density at radius 3 is 1.93 bits per heavy atom. The topological polar surface area (TPSA) is 22.5 Å². The highest BCUT2D eigenvalue weighted by Crippen LogP contribution is 2.49. The molecule has 208 valence electrons. The maximum atomic E-state index is 6.38. The number of para-hydroxylation sites is 4. The molecule has 0 fully saturated rings. The first-order chi connectivity index (χ1) is 22.4. The fraction of sp³-hybridized carbons (Fsp3) is 0. The van der Waals surface area contributed by atoms with Crippen LogP contribution in [0.25, 0.3) is 98.7 Å². The monoisotopic (exact) mass is 572 g/mol. The van der Waals surface area contributed by atoms with Crippen molar-refractivity contribution in [1.29, 1.82) is 0 Å². The van der Waals surface area contributed by atoms with Crippen LogP contribution in [0.3, 0.4) is 0 Å². The maximum Gasteiger partial charge on any atom is 0.136 e. The normalized spacial score (nSPS) is 12.4. The Labute approximate surface area is 257 Å². The molecule has 0 bridgehead atoms. The van der Waals surface area contributed by atoms with E-state index in [-0.39, 0.29) is 0 Å². The van der Waals surface area contributed by atoms with Gasteiger partial charge in [0.25, 0.3) is 0 Å². The summed E-state index contributed by atoms with van der Waals surface area (Å²) in [6.07, 6.45) is 0. The molecule has 3 heteroatoms. The minimum absolute atomic E-state index is 0.915. The zero-order valence-electron chi connectivity index (χ0n) is 24.2. The molecule has 0 aliphatic carbocycles. The number of aromatic nitrogens is 2. The van der Waals surface area contributed by atoms with Crippen LogP contribution in [-0.2, 0) is 0 Å². The quantitative estimate of drug-likeness (QED) is 0.202. The fourth-order valence-corrected chi connectivity index (χ4v) is 8.13. The van der Waals surface area contributed by atoms with E-state index in [1.807, 2.05) is 6.07 Å². The van der Waals surface area contributed by atoms with Crippen molar-refractivity contribution in [2.24, 2.45) is 0 Å². The lowest BCUT2D eigenvalue weighted by molar-refractivity contribution is 0.669. The number of fused-ring (bicyclic) bond motifs is 13. The molecule has 0 saturated carbocycles. The third-order valence-electron chi connectivity index (χ3n) is 9.85. The van der Waals surface area contributed by atoms with Crippen LogP contribution < -0.4 is 0 Å². The molecule has 0 unspecified atom stereocenters. The molecule has 0 N–H and O–H groups in total. The number of rotatable bonds is 2. The Balaban J connectivity index is 1.42. The van der Waals surface area contributed by atoms with Gasteiger partial charge >= 0.3 is 0 Å². The Hall–Kier alpha value is -6.06. The van der Waals surface area contributed by atoms with E-state index in [9.17, 15) is 0 Å². The Bertz CT molecular complexity index is 2970. The van der Waals surface area contributed by atoms with Crippen molar-refractivity contribution in [2.75, 3.05) is 0 Å². The Kier molecular flexibility index (Phi) is 4.32. The molecule has 0 aliphatic heterocycles. The molecule has 3 nitrogen and oxygen atoms in total. The lowest BCUT2D eigenvalue weighted by atomic mass is 9.93. The van der Waals surface area contributed by atoms with Gasteiger partial charge in [0.1, 0.15) is 11.2 Å². The van der Waals surface area contributed by atoms with E-state index in [1.54, 1.807) is 0 Å². The van der Waals surface area contributed by atoms with Gasteiger partial charge in [-0.25, -0.2) is 0 Å². The van der Waals surface area contributed by atoms with Gasteiger partial charge < -0.3 is 13.4 Å². The summed E-state index contributed by atoms with van der Waals surface area (Å²) < 4.78 is 11.3. The van der Waals surface area contributed by atoms with Crippen LogP contribution in [0.5, 0.6) is 0 Å². The summed E-state index contributed by atoms with van der Waals surface area (Å²) in [7, 11) is 0. The summed E-state index contributed by atoms with van der Waals surface area (Å²) in [4.78, 5) is 0.